The van der Waals surface area contributed by atoms with Gasteiger partial charge in [0, 0.05) is 11.2 Å². The topological polar surface area (TPSA) is 43.8 Å². The van der Waals surface area contributed by atoms with Crippen LogP contribution in [-0.4, -0.2) is 9.78 Å². The predicted octanol–water partition coefficient (Wildman–Crippen LogP) is 2.42. The summed E-state index contributed by atoms with van der Waals surface area (Å²) in [4.78, 5) is 0. The number of nitrogens with zero attached hydrogens (tertiary/aromatic N) is 2. The van der Waals surface area contributed by atoms with Gasteiger partial charge >= 0.3 is 0 Å². The molecule has 0 saturated carbocycles. The molecule has 0 aliphatic carbocycles. The fourth-order valence-corrected chi connectivity index (χ4v) is 1.46. The van der Waals surface area contributed by atoms with Crippen LogP contribution < -0.4 is 5.73 Å². The van der Waals surface area contributed by atoms with Crippen molar-refractivity contribution in [1.82, 2.24) is 9.78 Å². The first-order valence-electron chi connectivity index (χ1n) is 4.23. The minimum atomic E-state index is 0.626. The zero-order chi connectivity index (χ0) is 10.1. The molecule has 2 rings (SSSR count). The summed E-state index contributed by atoms with van der Waals surface area (Å²) in [7, 11) is 0. The molecule has 1 aromatic carbocycles. The van der Waals surface area contributed by atoms with Crippen LogP contribution in [0.25, 0.3) is 5.69 Å². The molecule has 0 aliphatic heterocycles. The van der Waals surface area contributed by atoms with Crippen molar-refractivity contribution in [2.75, 3.05) is 5.73 Å². The molecule has 0 spiro atoms. The van der Waals surface area contributed by atoms with Gasteiger partial charge in [0.15, 0.2) is 0 Å². The molecule has 72 valence electrons. The fraction of sp³-hybridized carbons (Fsp3) is 0.100. The molecule has 0 fully saturated rings. The highest BCUT2D eigenvalue weighted by Crippen LogP contribution is 2.21. The van der Waals surface area contributed by atoms with E-state index < -0.39 is 0 Å². The first-order valence-corrected chi connectivity index (χ1v) is 4.61. The van der Waals surface area contributed by atoms with Gasteiger partial charge in [-0.05, 0) is 30.7 Å². The number of nitrogen functional groups attached to an aromatic ring is 1. The molecular weight excluding hydrogens is 198 g/mol. The molecule has 0 amide bonds. The lowest BCUT2D eigenvalue weighted by atomic mass is 10.3. The lowest BCUT2D eigenvalue weighted by molar-refractivity contribution is 0.883. The Morgan fingerprint density at radius 2 is 2.21 bits per heavy atom. The average Bonchev–Trinajstić information content (AvgIpc) is 2.51. The Morgan fingerprint density at radius 3 is 2.79 bits per heavy atom. The first kappa shape index (κ1) is 9.09. The Kier molecular flexibility index (Phi) is 2.17. The summed E-state index contributed by atoms with van der Waals surface area (Å²) in [6.45, 7) is 1.98. The van der Waals surface area contributed by atoms with Crippen LogP contribution >= 0.6 is 11.6 Å². The second-order valence-electron chi connectivity index (χ2n) is 3.17. The van der Waals surface area contributed by atoms with Gasteiger partial charge in [-0.1, -0.05) is 11.6 Å². The maximum atomic E-state index is 5.82. The van der Waals surface area contributed by atoms with Gasteiger partial charge < -0.3 is 5.73 Å². The van der Waals surface area contributed by atoms with E-state index in [9.17, 15) is 0 Å². The van der Waals surface area contributed by atoms with E-state index in [2.05, 4.69) is 5.10 Å². The molecule has 2 N–H and O–H groups in total. The van der Waals surface area contributed by atoms with E-state index in [1.54, 1.807) is 23.0 Å². The van der Waals surface area contributed by atoms with Crippen molar-refractivity contribution in [2.24, 2.45) is 0 Å². The number of hydrogen-bond acceptors (Lipinski definition) is 2. The molecule has 0 bridgehead atoms. The second kappa shape index (κ2) is 3.35. The highest BCUT2D eigenvalue weighted by Gasteiger charge is 2.02. The van der Waals surface area contributed by atoms with Crippen LogP contribution in [0.1, 0.15) is 5.56 Å². The van der Waals surface area contributed by atoms with Crippen molar-refractivity contribution < 1.29 is 0 Å². The van der Waals surface area contributed by atoms with Crippen LogP contribution in [-0.2, 0) is 0 Å². The molecule has 0 radical (unpaired) electrons. The van der Waals surface area contributed by atoms with Crippen molar-refractivity contribution in [3.05, 3.63) is 41.2 Å². The number of aryl methyl sites for hydroxylation is 1. The van der Waals surface area contributed by atoms with Gasteiger partial charge in [-0.3, -0.25) is 0 Å². The van der Waals surface area contributed by atoms with Crippen LogP contribution in [0.15, 0.2) is 30.6 Å². The Balaban J connectivity index is 2.52. The SMILES string of the molecule is Cc1cnn(-c2ccc(Cl)cc2N)c1. The Morgan fingerprint density at radius 1 is 1.43 bits per heavy atom. The smallest absolute Gasteiger partial charge is 0.0875 e. The Hall–Kier alpha value is -1.48. The molecule has 4 heteroatoms. The van der Waals surface area contributed by atoms with E-state index in [1.165, 1.54) is 0 Å². The minimum Gasteiger partial charge on any atom is -0.397 e. The largest absolute Gasteiger partial charge is 0.397 e. The molecule has 0 aliphatic rings. The highest BCUT2D eigenvalue weighted by molar-refractivity contribution is 6.30. The van der Waals surface area contributed by atoms with Gasteiger partial charge in [-0.2, -0.15) is 5.10 Å². The summed E-state index contributed by atoms with van der Waals surface area (Å²) in [5.41, 5.74) is 8.39. The van der Waals surface area contributed by atoms with Crippen LogP contribution in [0.4, 0.5) is 5.69 Å². The lowest BCUT2D eigenvalue weighted by Gasteiger charge is -2.05. The lowest BCUT2D eigenvalue weighted by Crippen LogP contribution is -1.99. The average molecular weight is 208 g/mol. The molecule has 0 atom stereocenters. The summed E-state index contributed by atoms with van der Waals surface area (Å²) >= 11 is 5.80. The predicted molar refractivity (Wildman–Crippen MR) is 57.7 cm³/mol. The normalized spacial score (nSPS) is 10.4. The molecule has 1 heterocycles. The second-order valence-corrected chi connectivity index (χ2v) is 3.60. The number of benzene rings is 1. The van der Waals surface area contributed by atoms with Crippen LogP contribution in [0, 0.1) is 6.92 Å². The van der Waals surface area contributed by atoms with Crippen molar-refractivity contribution in [2.45, 2.75) is 6.92 Å². The molecule has 0 saturated heterocycles. The minimum absolute atomic E-state index is 0.626. The maximum absolute atomic E-state index is 5.82. The quantitative estimate of drug-likeness (QED) is 0.730. The van der Waals surface area contributed by atoms with Gasteiger partial charge in [-0.25, -0.2) is 4.68 Å². The van der Waals surface area contributed by atoms with Gasteiger partial charge in [-0.15, -0.1) is 0 Å². The van der Waals surface area contributed by atoms with E-state index in [1.807, 2.05) is 19.2 Å². The first-order chi connectivity index (χ1) is 6.66. The monoisotopic (exact) mass is 207 g/mol. The number of halogens is 1. The number of aromatic nitrogens is 2. The third-order valence-electron chi connectivity index (χ3n) is 1.95. The summed E-state index contributed by atoms with van der Waals surface area (Å²) in [6, 6.07) is 5.36. The van der Waals surface area contributed by atoms with Crippen molar-refractivity contribution in [1.29, 1.82) is 0 Å². The third-order valence-corrected chi connectivity index (χ3v) is 2.18. The van der Waals surface area contributed by atoms with E-state index in [0.29, 0.717) is 10.7 Å². The van der Waals surface area contributed by atoms with E-state index in [0.717, 1.165) is 11.3 Å². The number of nitrogens with two attached hydrogens (primary N) is 1. The number of rotatable bonds is 1. The number of anilines is 1. The van der Waals surface area contributed by atoms with Crippen LogP contribution in [0.5, 0.6) is 0 Å². The van der Waals surface area contributed by atoms with Crippen molar-refractivity contribution >= 4 is 17.3 Å². The summed E-state index contributed by atoms with van der Waals surface area (Å²) < 4.78 is 1.74. The van der Waals surface area contributed by atoms with Gasteiger partial charge in [0.25, 0.3) is 0 Å². The van der Waals surface area contributed by atoms with Crippen molar-refractivity contribution in [3.8, 4) is 5.69 Å². The molecule has 3 nitrogen and oxygen atoms in total. The van der Waals surface area contributed by atoms with E-state index in [4.69, 9.17) is 17.3 Å². The van der Waals surface area contributed by atoms with Crippen molar-refractivity contribution in [3.63, 3.8) is 0 Å². The molecule has 2 aromatic rings. The molecule has 0 unspecified atom stereocenters. The molecule has 1 aromatic heterocycles. The molecule has 14 heavy (non-hydrogen) atoms. The summed E-state index contributed by atoms with van der Waals surface area (Å²) in [5.74, 6) is 0. The van der Waals surface area contributed by atoms with Gasteiger partial charge in [0.2, 0.25) is 0 Å². The highest BCUT2D eigenvalue weighted by atomic mass is 35.5. The fourth-order valence-electron chi connectivity index (χ4n) is 1.28. The van der Waals surface area contributed by atoms with E-state index in [-0.39, 0.29) is 0 Å². The summed E-state index contributed by atoms with van der Waals surface area (Å²) in [5, 5.41) is 4.80. The van der Waals surface area contributed by atoms with Gasteiger partial charge in [0.1, 0.15) is 0 Å². The Labute approximate surface area is 87.1 Å². The van der Waals surface area contributed by atoms with Crippen LogP contribution in [0.2, 0.25) is 5.02 Å². The van der Waals surface area contributed by atoms with E-state index >= 15 is 0 Å². The van der Waals surface area contributed by atoms with Gasteiger partial charge in [0.05, 0.1) is 17.6 Å². The zero-order valence-corrected chi connectivity index (χ0v) is 8.49. The Bertz CT molecular complexity index is 462. The standard InChI is InChI=1S/C10H10ClN3/c1-7-5-13-14(6-7)10-3-2-8(11)4-9(10)12/h2-6H,12H2,1H3. The zero-order valence-electron chi connectivity index (χ0n) is 7.74. The third kappa shape index (κ3) is 1.59. The maximum Gasteiger partial charge on any atom is 0.0875 e. The summed E-state index contributed by atoms with van der Waals surface area (Å²) in [6.07, 6.45) is 3.70. The number of hydrogen-bond donors (Lipinski definition) is 1. The van der Waals surface area contributed by atoms with Crippen LogP contribution in [0.3, 0.4) is 0 Å². The molecular formula is C10H10ClN3.